The number of nitrogens with one attached hydrogen (secondary N) is 1. The maximum absolute atomic E-state index is 13.7. The van der Waals surface area contributed by atoms with Gasteiger partial charge in [-0.2, -0.15) is 4.31 Å². The van der Waals surface area contributed by atoms with Crippen LogP contribution in [0.15, 0.2) is 83.8 Å². The SMILES string of the molecule is Cc1ccc(S(=O)(=O)N2CC[C@@H](C3(c4ccccc4)Cc4ccccc4NC3=O)C2)cc1. The van der Waals surface area contributed by atoms with E-state index < -0.39 is 15.4 Å². The molecule has 2 aliphatic rings. The summed E-state index contributed by atoms with van der Waals surface area (Å²) in [7, 11) is -3.61. The van der Waals surface area contributed by atoms with Crippen molar-refractivity contribution in [3.8, 4) is 0 Å². The number of hydrogen-bond acceptors (Lipinski definition) is 3. The quantitative estimate of drug-likeness (QED) is 0.655. The minimum Gasteiger partial charge on any atom is -0.325 e. The number of carbonyl (C=O) groups excluding carboxylic acids is 1. The highest BCUT2D eigenvalue weighted by molar-refractivity contribution is 7.89. The summed E-state index contributed by atoms with van der Waals surface area (Å²) in [6, 6.07) is 24.6. The number of sulfonamides is 1. The normalized spacial score (nSPS) is 23.5. The summed E-state index contributed by atoms with van der Waals surface area (Å²) in [5.41, 5.74) is 3.06. The second-order valence-electron chi connectivity index (χ2n) is 8.79. The molecule has 2 heterocycles. The molecule has 0 spiro atoms. The van der Waals surface area contributed by atoms with E-state index in [1.54, 1.807) is 16.4 Å². The zero-order valence-corrected chi connectivity index (χ0v) is 18.8. The van der Waals surface area contributed by atoms with E-state index in [4.69, 9.17) is 0 Å². The van der Waals surface area contributed by atoms with E-state index in [9.17, 15) is 13.2 Å². The van der Waals surface area contributed by atoms with E-state index in [0.717, 1.165) is 22.4 Å². The van der Waals surface area contributed by atoms with E-state index in [2.05, 4.69) is 5.32 Å². The Hall–Kier alpha value is -2.96. The summed E-state index contributed by atoms with van der Waals surface area (Å²) < 4.78 is 28.2. The van der Waals surface area contributed by atoms with Crippen LogP contribution in [0.25, 0.3) is 0 Å². The first-order valence-electron chi connectivity index (χ1n) is 10.9. The highest BCUT2D eigenvalue weighted by atomic mass is 32.2. The Morgan fingerprint density at radius 3 is 2.38 bits per heavy atom. The molecule has 0 saturated carbocycles. The summed E-state index contributed by atoms with van der Waals surface area (Å²) in [6.45, 7) is 2.66. The Morgan fingerprint density at radius 1 is 0.938 bits per heavy atom. The third-order valence-corrected chi connectivity index (χ3v) is 8.81. The molecule has 1 amide bonds. The van der Waals surface area contributed by atoms with Crippen LogP contribution in [0.3, 0.4) is 0 Å². The zero-order valence-electron chi connectivity index (χ0n) is 18.0. The van der Waals surface area contributed by atoms with Crippen LogP contribution in [0, 0.1) is 12.8 Å². The number of nitrogens with zero attached hydrogens (tertiary/aromatic N) is 1. The molecule has 0 radical (unpaired) electrons. The molecule has 2 aliphatic heterocycles. The second kappa shape index (κ2) is 7.87. The standard InChI is InChI=1S/C26H26N2O3S/c1-19-11-13-23(14-12-19)32(30,31)28-16-15-22(18-28)26(21-8-3-2-4-9-21)17-20-7-5-6-10-24(20)27-25(26)29/h2-14,22H,15-18H2,1H3,(H,27,29)/t22-,26?/m1/s1. The van der Waals surface area contributed by atoms with Crippen molar-refractivity contribution >= 4 is 21.6 Å². The van der Waals surface area contributed by atoms with Gasteiger partial charge in [0.15, 0.2) is 0 Å². The number of fused-ring (bicyclic) bond motifs is 1. The van der Waals surface area contributed by atoms with Gasteiger partial charge in [-0.3, -0.25) is 4.79 Å². The first-order valence-corrected chi connectivity index (χ1v) is 12.4. The summed E-state index contributed by atoms with van der Waals surface area (Å²) in [5, 5.41) is 3.11. The molecule has 1 saturated heterocycles. The van der Waals surface area contributed by atoms with Crippen LogP contribution >= 0.6 is 0 Å². The number of para-hydroxylation sites is 1. The number of anilines is 1. The molecule has 2 atom stereocenters. The predicted octanol–water partition coefficient (Wildman–Crippen LogP) is 4.14. The van der Waals surface area contributed by atoms with Gasteiger partial charge in [-0.25, -0.2) is 8.42 Å². The minimum atomic E-state index is -3.61. The average Bonchev–Trinajstić information content (AvgIpc) is 3.31. The van der Waals surface area contributed by atoms with E-state index in [1.165, 1.54) is 0 Å². The lowest BCUT2D eigenvalue weighted by Gasteiger charge is -2.42. The molecule has 164 valence electrons. The van der Waals surface area contributed by atoms with Crippen molar-refractivity contribution in [1.29, 1.82) is 0 Å². The zero-order chi connectivity index (χ0) is 22.3. The van der Waals surface area contributed by atoms with Crippen LogP contribution in [0.4, 0.5) is 5.69 Å². The number of benzene rings is 3. The largest absolute Gasteiger partial charge is 0.325 e. The van der Waals surface area contributed by atoms with Crippen LogP contribution in [0.2, 0.25) is 0 Å². The van der Waals surface area contributed by atoms with Gasteiger partial charge in [0, 0.05) is 18.8 Å². The van der Waals surface area contributed by atoms with E-state index >= 15 is 0 Å². The lowest BCUT2D eigenvalue weighted by atomic mass is 9.64. The molecule has 32 heavy (non-hydrogen) atoms. The van der Waals surface area contributed by atoms with Crippen molar-refractivity contribution in [2.24, 2.45) is 5.92 Å². The van der Waals surface area contributed by atoms with Crippen LogP contribution in [0.5, 0.6) is 0 Å². The van der Waals surface area contributed by atoms with Gasteiger partial charge < -0.3 is 5.32 Å². The Balaban J connectivity index is 1.53. The Bertz CT molecular complexity index is 1260. The van der Waals surface area contributed by atoms with Crippen LogP contribution in [-0.2, 0) is 26.7 Å². The Kier molecular flexibility index (Phi) is 5.14. The van der Waals surface area contributed by atoms with Crippen molar-refractivity contribution in [2.75, 3.05) is 18.4 Å². The van der Waals surface area contributed by atoms with Crippen molar-refractivity contribution in [3.05, 3.63) is 95.6 Å². The van der Waals surface area contributed by atoms with Crippen molar-refractivity contribution in [2.45, 2.75) is 30.1 Å². The Morgan fingerprint density at radius 2 is 1.62 bits per heavy atom. The van der Waals surface area contributed by atoms with Gasteiger partial charge in [0.1, 0.15) is 0 Å². The van der Waals surface area contributed by atoms with Gasteiger partial charge in [0.25, 0.3) is 0 Å². The fourth-order valence-corrected chi connectivity index (χ4v) is 6.65. The third kappa shape index (κ3) is 3.34. The molecule has 3 aromatic carbocycles. The highest BCUT2D eigenvalue weighted by Gasteiger charge is 2.52. The van der Waals surface area contributed by atoms with Gasteiger partial charge in [0.05, 0.1) is 10.3 Å². The highest BCUT2D eigenvalue weighted by Crippen LogP contribution is 2.46. The van der Waals surface area contributed by atoms with Gasteiger partial charge in [-0.15, -0.1) is 0 Å². The van der Waals surface area contributed by atoms with E-state index in [1.807, 2.05) is 73.7 Å². The number of aryl methyl sites for hydroxylation is 1. The fourth-order valence-electron chi connectivity index (χ4n) is 5.15. The molecule has 0 aliphatic carbocycles. The number of rotatable bonds is 4. The smallest absolute Gasteiger partial charge is 0.243 e. The first kappa shape index (κ1) is 20.9. The lowest BCUT2D eigenvalue weighted by Crippen LogP contribution is -2.51. The molecule has 0 aromatic heterocycles. The Labute approximate surface area is 189 Å². The van der Waals surface area contributed by atoms with Crippen LogP contribution < -0.4 is 5.32 Å². The van der Waals surface area contributed by atoms with E-state index in [-0.39, 0.29) is 11.8 Å². The molecule has 1 unspecified atom stereocenters. The molecule has 3 aromatic rings. The predicted molar refractivity (Wildman–Crippen MR) is 125 cm³/mol. The maximum Gasteiger partial charge on any atom is 0.243 e. The monoisotopic (exact) mass is 446 g/mol. The van der Waals surface area contributed by atoms with Crippen LogP contribution in [0.1, 0.15) is 23.1 Å². The fraction of sp³-hybridized carbons (Fsp3) is 0.269. The summed E-state index contributed by atoms with van der Waals surface area (Å²) >= 11 is 0. The molecule has 5 nitrogen and oxygen atoms in total. The van der Waals surface area contributed by atoms with Gasteiger partial charge >= 0.3 is 0 Å². The second-order valence-corrected chi connectivity index (χ2v) is 10.7. The molecule has 0 bridgehead atoms. The lowest BCUT2D eigenvalue weighted by molar-refractivity contribution is -0.124. The third-order valence-electron chi connectivity index (χ3n) is 6.94. The summed E-state index contributed by atoms with van der Waals surface area (Å²) in [5.74, 6) is -0.180. The number of hydrogen-bond donors (Lipinski definition) is 1. The summed E-state index contributed by atoms with van der Waals surface area (Å²) in [6.07, 6.45) is 1.19. The molecular formula is C26H26N2O3S. The van der Waals surface area contributed by atoms with Gasteiger partial charge in [0.2, 0.25) is 15.9 Å². The van der Waals surface area contributed by atoms with Crippen molar-refractivity contribution < 1.29 is 13.2 Å². The maximum atomic E-state index is 13.7. The van der Waals surface area contributed by atoms with Crippen molar-refractivity contribution in [3.63, 3.8) is 0 Å². The average molecular weight is 447 g/mol. The topological polar surface area (TPSA) is 66.5 Å². The molecule has 5 rings (SSSR count). The summed E-state index contributed by atoms with van der Waals surface area (Å²) in [4.78, 5) is 14.0. The molecule has 1 fully saturated rings. The molecule has 1 N–H and O–H groups in total. The number of amides is 1. The molecule has 6 heteroatoms. The van der Waals surface area contributed by atoms with E-state index in [0.29, 0.717) is 30.8 Å². The van der Waals surface area contributed by atoms with Crippen molar-refractivity contribution in [1.82, 2.24) is 4.31 Å². The molecular weight excluding hydrogens is 420 g/mol. The van der Waals surface area contributed by atoms with Gasteiger partial charge in [-0.05, 0) is 55.0 Å². The van der Waals surface area contributed by atoms with Gasteiger partial charge in [-0.1, -0.05) is 66.2 Å². The van der Waals surface area contributed by atoms with Crippen LogP contribution in [-0.4, -0.2) is 31.7 Å². The minimum absolute atomic E-state index is 0.0537. The first-order chi connectivity index (χ1) is 15.4. The number of carbonyl (C=O) groups is 1.